The fraction of sp³-hybridized carbons (Fsp3) is 0.273. The number of nitrogen functional groups attached to an aromatic ring is 1. The molecule has 0 spiro atoms. The van der Waals surface area contributed by atoms with E-state index >= 15 is 0 Å². The van der Waals surface area contributed by atoms with E-state index in [-0.39, 0.29) is 5.75 Å². The number of hydrogen-bond acceptors (Lipinski definition) is 5. The fourth-order valence-corrected chi connectivity index (χ4v) is 2.76. The van der Waals surface area contributed by atoms with Gasteiger partial charge in [0.2, 0.25) is 0 Å². The van der Waals surface area contributed by atoms with E-state index in [2.05, 4.69) is 10.1 Å². The minimum Gasteiger partial charge on any atom is -0.495 e. The predicted molar refractivity (Wildman–Crippen MR) is 68.5 cm³/mol. The molecule has 0 radical (unpaired) electrons. The van der Waals surface area contributed by atoms with Crippen LogP contribution in [0.5, 0.6) is 5.75 Å². The number of nitrogens with two attached hydrogens (primary N) is 1. The van der Waals surface area contributed by atoms with Gasteiger partial charge in [-0.2, -0.15) is 5.10 Å². The van der Waals surface area contributed by atoms with Crippen LogP contribution in [0.2, 0.25) is 0 Å². The molecule has 0 aliphatic carbocycles. The lowest BCUT2D eigenvalue weighted by Crippen LogP contribution is -2.05. The molecule has 2 N–H and O–H groups in total. The topological polar surface area (TPSA) is 83.0 Å². The van der Waals surface area contributed by atoms with Crippen LogP contribution in [0.15, 0.2) is 29.4 Å². The van der Waals surface area contributed by atoms with Gasteiger partial charge in [-0.15, -0.1) is 0 Å². The molecule has 96 valence electrons. The summed E-state index contributed by atoms with van der Waals surface area (Å²) in [7, 11) is 2.04. The number of aromatic nitrogens is 3. The summed E-state index contributed by atoms with van der Waals surface area (Å²) in [5, 5.41) is 3.94. The molecule has 0 fully saturated rings. The zero-order chi connectivity index (χ0) is 13.1. The smallest absolute Gasteiger partial charge is 0.139 e. The second-order valence-corrected chi connectivity index (χ2v) is 5.12. The van der Waals surface area contributed by atoms with Gasteiger partial charge in [0.25, 0.3) is 0 Å². The van der Waals surface area contributed by atoms with Crippen LogP contribution in [-0.4, -0.2) is 26.1 Å². The number of nitrogens with zero attached hydrogens (tertiary/aromatic N) is 3. The number of hydrogen-bond donors (Lipinski definition) is 1. The first-order chi connectivity index (χ1) is 8.61. The molecular weight excluding hydrogens is 252 g/mol. The van der Waals surface area contributed by atoms with Gasteiger partial charge in [0.15, 0.2) is 0 Å². The van der Waals surface area contributed by atoms with Crippen LogP contribution in [0.4, 0.5) is 5.69 Å². The maximum Gasteiger partial charge on any atom is 0.139 e. The van der Waals surface area contributed by atoms with Crippen molar-refractivity contribution in [3.05, 3.63) is 30.4 Å². The summed E-state index contributed by atoms with van der Waals surface area (Å²) in [6.07, 6.45) is 1.44. The van der Waals surface area contributed by atoms with E-state index < -0.39 is 10.8 Å². The van der Waals surface area contributed by atoms with Crippen molar-refractivity contribution in [1.82, 2.24) is 14.8 Å². The summed E-state index contributed by atoms with van der Waals surface area (Å²) < 4.78 is 19.0. The molecule has 0 saturated carbocycles. The van der Waals surface area contributed by atoms with E-state index in [1.54, 1.807) is 29.9 Å². The van der Waals surface area contributed by atoms with Gasteiger partial charge in [-0.1, -0.05) is 0 Å². The number of ether oxygens (including phenoxy) is 1. The number of methoxy groups -OCH3 is 1. The number of rotatable bonds is 4. The van der Waals surface area contributed by atoms with Crippen LogP contribution in [-0.2, 0) is 23.6 Å². The summed E-state index contributed by atoms with van der Waals surface area (Å²) in [5.41, 5.74) is 6.23. The lowest BCUT2D eigenvalue weighted by molar-refractivity contribution is 0.404. The van der Waals surface area contributed by atoms with Crippen molar-refractivity contribution in [2.24, 2.45) is 7.05 Å². The molecule has 1 aromatic heterocycles. The van der Waals surface area contributed by atoms with Gasteiger partial charge < -0.3 is 10.5 Å². The molecule has 18 heavy (non-hydrogen) atoms. The molecule has 0 aliphatic heterocycles. The van der Waals surface area contributed by atoms with Crippen LogP contribution in [0.25, 0.3) is 0 Å². The molecule has 0 aliphatic rings. The predicted octanol–water partition coefficient (Wildman–Crippen LogP) is 0.714. The van der Waals surface area contributed by atoms with E-state index in [0.717, 1.165) is 0 Å². The van der Waals surface area contributed by atoms with Crippen LogP contribution in [0, 0.1) is 0 Å². The zero-order valence-electron chi connectivity index (χ0n) is 10.2. The average Bonchev–Trinajstić information content (AvgIpc) is 2.74. The number of benzene rings is 1. The normalized spacial score (nSPS) is 12.3. The maximum absolute atomic E-state index is 12.3. The molecule has 1 heterocycles. The van der Waals surface area contributed by atoms with Crippen LogP contribution in [0.1, 0.15) is 5.82 Å². The average molecular weight is 266 g/mol. The lowest BCUT2D eigenvalue weighted by atomic mass is 10.3. The Morgan fingerprint density at radius 1 is 1.50 bits per heavy atom. The second kappa shape index (κ2) is 5.18. The third-order valence-corrected chi connectivity index (χ3v) is 3.85. The highest BCUT2D eigenvalue weighted by Gasteiger charge is 2.14. The summed E-state index contributed by atoms with van der Waals surface area (Å²) in [5.74, 6) is 1.47. The molecular formula is C11H14N4O2S. The lowest BCUT2D eigenvalue weighted by Gasteiger charge is -2.08. The second-order valence-electron chi connectivity index (χ2n) is 3.70. The van der Waals surface area contributed by atoms with Crippen LogP contribution >= 0.6 is 0 Å². The first-order valence-electron chi connectivity index (χ1n) is 5.26. The van der Waals surface area contributed by atoms with Crippen LogP contribution in [0.3, 0.4) is 0 Å². The molecule has 0 bridgehead atoms. The standard InChI is InChI=1S/C11H14N4O2S/c1-15-11(13-7-14-15)6-18(16)10-4-3-8(12)5-9(10)17-2/h3-5,7H,6,12H2,1-2H3. The Morgan fingerprint density at radius 3 is 2.89 bits per heavy atom. The number of aryl methyl sites for hydroxylation is 1. The highest BCUT2D eigenvalue weighted by Crippen LogP contribution is 2.25. The van der Waals surface area contributed by atoms with Gasteiger partial charge in [0, 0.05) is 18.8 Å². The first-order valence-corrected chi connectivity index (χ1v) is 6.58. The molecule has 1 unspecified atom stereocenters. The quantitative estimate of drug-likeness (QED) is 0.824. The van der Waals surface area contributed by atoms with Crippen LogP contribution < -0.4 is 10.5 Å². The first kappa shape index (κ1) is 12.6. The summed E-state index contributed by atoms with van der Waals surface area (Å²) in [6, 6.07) is 5.07. The van der Waals surface area contributed by atoms with E-state index in [9.17, 15) is 4.21 Å². The van der Waals surface area contributed by atoms with Gasteiger partial charge in [0.05, 0.1) is 28.6 Å². The highest BCUT2D eigenvalue weighted by atomic mass is 32.2. The van der Waals surface area contributed by atoms with Gasteiger partial charge >= 0.3 is 0 Å². The molecule has 2 rings (SSSR count). The van der Waals surface area contributed by atoms with Crippen molar-refractivity contribution in [2.45, 2.75) is 10.6 Å². The van der Waals surface area contributed by atoms with Crippen molar-refractivity contribution in [2.75, 3.05) is 12.8 Å². The SMILES string of the molecule is COc1cc(N)ccc1S(=O)Cc1ncnn1C. The molecule has 6 nitrogen and oxygen atoms in total. The Morgan fingerprint density at radius 2 is 2.28 bits per heavy atom. The summed E-state index contributed by atoms with van der Waals surface area (Å²) in [4.78, 5) is 4.65. The van der Waals surface area contributed by atoms with Gasteiger partial charge in [0.1, 0.15) is 17.9 Å². The minimum absolute atomic E-state index is 0.288. The van der Waals surface area contributed by atoms with E-state index in [1.807, 2.05) is 0 Å². The van der Waals surface area contributed by atoms with Gasteiger partial charge in [-0.25, -0.2) is 4.98 Å². The Labute approximate surface area is 107 Å². The molecule has 1 aromatic carbocycles. The molecule has 1 atom stereocenters. The largest absolute Gasteiger partial charge is 0.495 e. The van der Waals surface area contributed by atoms with Gasteiger partial charge in [-0.05, 0) is 12.1 Å². The van der Waals surface area contributed by atoms with Crippen molar-refractivity contribution in [3.63, 3.8) is 0 Å². The maximum atomic E-state index is 12.3. The molecule has 7 heteroatoms. The Bertz CT molecular complexity index is 582. The Hall–Kier alpha value is -1.89. The number of anilines is 1. The van der Waals surface area contributed by atoms with Gasteiger partial charge in [-0.3, -0.25) is 8.89 Å². The molecule has 2 aromatic rings. The Kier molecular flexibility index (Phi) is 3.61. The third kappa shape index (κ3) is 2.51. The fourth-order valence-electron chi connectivity index (χ4n) is 1.52. The summed E-state index contributed by atoms with van der Waals surface area (Å²) in [6.45, 7) is 0. The van der Waals surface area contributed by atoms with Crippen molar-refractivity contribution >= 4 is 16.5 Å². The van der Waals surface area contributed by atoms with E-state index in [1.165, 1.54) is 13.4 Å². The monoisotopic (exact) mass is 266 g/mol. The highest BCUT2D eigenvalue weighted by molar-refractivity contribution is 7.84. The van der Waals surface area contributed by atoms with Crippen molar-refractivity contribution < 1.29 is 8.95 Å². The Balaban J connectivity index is 2.26. The van der Waals surface area contributed by atoms with Crippen molar-refractivity contribution in [3.8, 4) is 5.75 Å². The van der Waals surface area contributed by atoms with Crippen molar-refractivity contribution in [1.29, 1.82) is 0 Å². The zero-order valence-corrected chi connectivity index (χ0v) is 11.0. The van der Waals surface area contributed by atoms with E-state index in [4.69, 9.17) is 10.5 Å². The third-order valence-electron chi connectivity index (χ3n) is 2.50. The minimum atomic E-state index is -1.25. The van der Waals surface area contributed by atoms with E-state index in [0.29, 0.717) is 22.2 Å². The molecule has 0 amide bonds. The summed E-state index contributed by atoms with van der Waals surface area (Å²) >= 11 is 0. The molecule has 0 saturated heterocycles.